The van der Waals surface area contributed by atoms with Crippen LogP contribution >= 0.6 is 0 Å². The molecule has 116 valence electrons. The van der Waals surface area contributed by atoms with Gasteiger partial charge in [-0.3, -0.25) is 0 Å². The summed E-state index contributed by atoms with van der Waals surface area (Å²) in [6, 6.07) is 6.48. The van der Waals surface area contributed by atoms with Crippen molar-refractivity contribution < 1.29 is 0 Å². The van der Waals surface area contributed by atoms with Gasteiger partial charge < -0.3 is 9.97 Å². The van der Waals surface area contributed by atoms with Gasteiger partial charge in [-0.2, -0.15) is 0 Å². The van der Waals surface area contributed by atoms with Gasteiger partial charge in [-0.25, -0.2) is 9.97 Å². The van der Waals surface area contributed by atoms with E-state index in [0.29, 0.717) is 0 Å². The molecule has 0 bridgehead atoms. The van der Waals surface area contributed by atoms with Gasteiger partial charge in [0, 0.05) is 23.2 Å². The van der Waals surface area contributed by atoms with Gasteiger partial charge in [0.1, 0.15) is 11.6 Å². The van der Waals surface area contributed by atoms with Crippen LogP contribution in [0, 0.1) is 0 Å². The lowest BCUT2D eigenvalue weighted by molar-refractivity contribution is 0.492. The number of hydrogen-bond donors (Lipinski definition) is 2. The van der Waals surface area contributed by atoms with Crippen LogP contribution in [0.4, 0.5) is 0 Å². The molecule has 0 saturated heterocycles. The number of nitrogens with one attached hydrogen (secondary N) is 2. The van der Waals surface area contributed by atoms with E-state index in [2.05, 4.69) is 67.8 Å². The van der Waals surface area contributed by atoms with Crippen LogP contribution in [-0.4, -0.2) is 19.9 Å². The molecule has 0 spiro atoms. The van der Waals surface area contributed by atoms with E-state index in [1.807, 2.05) is 12.4 Å². The first-order valence-electron chi connectivity index (χ1n) is 7.75. The molecule has 3 aromatic rings. The van der Waals surface area contributed by atoms with E-state index >= 15 is 0 Å². The van der Waals surface area contributed by atoms with Crippen LogP contribution in [0.3, 0.4) is 0 Å². The van der Waals surface area contributed by atoms with E-state index in [1.165, 1.54) is 5.56 Å². The van der Waals surface area contributed by atoms with Gasteiger partial charge in [-0.1, -0.05) is 40.7 Å². The Hall–Kier alpha value is -2.10. The summed E-state index contributed by atoms with van der Waals surface area (Å²) in [5.74, 6) is 2.05. The molecule has 2 aromatic heterocycles. The molecular weight excluding hydrogens is 272 g/mol. The molecule has 2 N–H and O–H groups in total. The Bertz CT molecular complexity index is 773. The lowest BCUT2D eigenvalue weighted by Crippen LogP contribution is -2.22. The highest BCUT2D eigenvalue weighted by Crippen LogP contribution is 2.27. The Morgan fingerprint density at radius 1 is 1.05 bits per heavy atom. The molecule has 0 aliphatic rings. The van der Waals surface area contributed by atoms with Crippen LogP contribution in [0.15, 0.2) is 30.6 Å². The summed E-state index contributed by atoms with van der Waals surface area (Å²) in [6.07, 6.45) is 4.62. The summed E-state index contributed by atoms with van der Waals surface area (Å²) in [6.45, 7) is 10.9. The third kappa shape index (κ3) is 2.78. The number of benzene rings is 1. The minimum absolute atomic E-state index is 0.0238. The predicted molar refractivity (Wildman–Crippen MR) is 90.1 cm³/mol. The summed E-state index contributed by atoms with van der Waals surface area (Å²) >= 11 is 0. The van der Waals surface area contributed by atoms with Crippen LogP contribution in [0.25, 0.3) is 11.0 Å². The highest BCUT2D eigenvalue weighted by molar-refractivity contribution is 5.76. The molecule has 0 aliphatic carbocycles. The molecule has 4 heteroatoms. The Labute approximate surface area is 131 Å². The first kappa shape index (κ1) is 14.8. The topological polar surface area (TPSA) is 57.4 Å². The number of aromatic amines is 2. The first-order valence-corrected chi connectivity index (χ1v) is 7.75. The Morgan fingerprint density at radius 3 is 2.45 bits per heavy atom. The molecule has 0 atom stereocenters. The monoisotopic (exact) mass is 296 g/mol. The van der Waals surface area contributed by atoms with Crippen molar-refractivity contribution in [2.75, 3.05) is 0 Å². The number of rotatable bonds is 3. The van der Waals surface area contributed by atoms with Crippen molar-refractivity contribution in [3.05, 3.63) is 47.8 Å². The van der Waals surface area contributed by atoms with Gasteiger partial charge in [0.25, 0.3) is 0 Å². The van der Waals surface area contributed by atoms with Crippen molar-refractivity contribution in [2.24, 2.45) is 0 Å². The standard InChI is InChI=1S/C18H24N4/c1-17(2,3)15-21-13-7-6-12(10-14(13)22-15)11-18(4,5)16-19-8-9-20-16/h6-10H,11H2,1-5H3,(H,19,20)(H,21,22). The number of fused-ring (bicyclic) bond motifs is 1. The molecule has 0 saturated carbocycles. The second-order valence-corrected chi connectivity index (χ2v) is 7.69. The van der Waals surface area contributed by atoms with Gasteiger partial charge in [0.05, 0.1) is 11.0 Å². The third-order valence-electron chi connectivity index (χ3n) is 4.04. The number of aromatic nitrogens is 4. The van der Waals surface area contributed by atoms with Gasteiger partial charge in [-0.15, -0.1) is 0 Å². The van der Waals surface area contributed by atoms with E-state index in [1.54, 1.807) is 0 Å². The second-order valence-electron chi connectivity index (χ2n) is 7.69. The largest absolute Gasteiger partial charge is 0.348 e. The normalized spacial score (nSPS) is 13.0. The van der Waals surface area contributed by atoms with Crippen molar-refractivity contribution in [3.63, 3.8) is 0 Å². The fourth-order valence-electron chi connectivity index (χ4n) is 2.75. The van der Waals surface area contributed by atoms with Gasteiger partial charge in [0.15, 0.2) is 0 Å². The molecule has 0 radical (unpaired) electrons. The highest BCUT2D eigenvalue weighted by atomic mass is 14.9. The Morgan fingerprint density at radius 2 is 1.82 bits per heavy atom. The minimum Gasteiger partial charge on any atom is -0.348 e. The smallest absolute Gasteiger partial charge is 0.112 e. The van der Waals surface area contributed by atoms with Crippen molar-refractivity contribution in [2.45, 2.75) is 51.9 Å². The van der Waals surface area contributed by atoms with E-state index in [-0.39, 0.29) is 10.8 Å². The maximum absolute atomic E-state index is 4.70. The van der Waals surface area contributed by atoms with Crippen LogP contribution < -0.4 is 0 Å². The van der Waals surface area contributed by atoms with Crippen molar-refractivity contribution in [3.8, 4) is 0 Å². The van der Waals surface area contributed by atoms with E-state index in [0.717, 1.165) is 29.1 Å². The van der Waals surface area contributed by atoms with Crippen LogP contribution in [0.1, 0.15) is 51.8 Å². The second kappa shape index (κ2) is 4.97. The molecule has 0 aliphatic heterocycles. The molecule has 3 rings (SSSR count). The first-order chi connectivity index (χ1) is 10.3. The maximum atomic E-state index is 4.70. The number of hydrogen-bond acceptors (Lipinski definition) is 2. The zero-order valence-corrected chi connectivity index (χ0v) is 14.0. The quantitative estimate of drug-likeness (QED) is 0.764. The Kier molecular flexibility index (Phi) is 3.35. The highest BCUT2D eigenvalue weighted by Gasteiger charge is 2.24. The molecule has 2 heterocycles. The van der Waals surface area contributed by atoms with Crippen molar-refractivity contribution in [1.29, 1.82) is 0 Å². The molecule has 1 aromatic carbocycles. The third-order valence-corrected chi connectivity index (χ3v) is 4.04. The number of H-pyrrole nitrogens is 2. The van der Waals surface area contributed by atoms with E-state index < -0.39 is 0 Å². The average molecular weight is 296 g/mol. The molecule has 4 nitrogen and oxygen atoms in total. The Balaban J connectivity index is 1.92. The van der Waals surface area contributed by atoms with Crippen LogP contribution in [0.2, 0.25) is 0 Å². The fourth-order valence-corrected chi connectivity index (χ4v) is 2.75. The molecule has 0 amide bonds. The van der Waals surface area contributed by atoms with Crippen molar-refractivity contribution in [1.82, 2.24) is 19.9 Å². The van der Waals surface area contributed by atoms with Crippen LogP contribution in [0.5, 0.6) is 0 Å². The van der Waals surface area contributed by atoms with Crippen LogP contribution in [-0.2, 0) is 17.3 Å². The van der Waals surface area contributed by atoms with Gasteiger partial charge in [-0.05, 0) is 24.1 Å². The summed E-state index contributed by atoms with van der Waals surface area (Å²) in [5, 5.41) is 0. The molecule has 22 heavy (non-hydrogen) atoms. The predicted octanol–water partition coefficient (Wildman–Crippen LogP) is 4.10. The lowest BCUT2D eigenvalue weighted by Gasteiger charge is -2.22. The van der Waals surface area contributed by atoms with Gasteiger partial charge >= 0.3 is 0 Å². The summed E-state index contributed by atoms with van der Waals surface area (Å²) < 4.78 is 0. The zero-order valence-electron chi connectivity index (χ0n) is 14.0. The summed E-state index contributed by atoms with van der Waals surface area (Å²) in [5.41, 5.74) is 3.44. The minimum atomic E-state index is -0.0238. The lowest BCUT2D eigenvalue weighted by atomic mass is 9.85. The van der Waals surface area contributed by atoms with E-state index in [9.17, 15) is 0 Å². The summed E-state index contributed by atoms with van der Waals surface area (Å²) in [7, 11) is 0. The molecular formula is C18H24N4. The number of nitrogens with zero attached hydrogens (tertiary/aromatic N) is 2. The molecule has 0 fully saturated rings. The zero-order chi connectivity index (χ0) is 16.0. The SMILES string of the molecule is CC(C)(C)c1nc2ccc(CC(C)(C)c3ncc[nH]3)cc2[nH]1. The maximum Gasteiger partial charge on any atom is 0.112 e. The number of imidazole rings is 2. The van der Waals surface area contributed by atoms with E-state index in [4.69, 9.17) is 4.98 Å². The average Bonchev–Trinajstić information content (AvgIpc) is 3.06. The fraction of sp³-hybridized carbons (Fsp3) is 0.444. The van der Waals surface area contributed by atoms with Crippen molar-refractivity contribution >= 4 is 11.0 Å². The summed E-state index contributed by atoms with van der Waals surface area (Å²) in [4.78, 5) is 15.8. The molecule has 0 unspecified atom stereocenters. The van der Waals surface area contributed by atoms with Gasteiger partial charge in [0.2, 0.25) is 0 Å².